The van der Waals surface area contributed by atoms with E-state index in [-0.39, 0.29) is 5.91 Å². The van der Waals surface area contributed by atoms with Gasteiger partial charge in [0, 0.05) is 17.8 Å². The molecule has 7 nitrogen and oxygen atoms in total. The van der Waals surface area contributed by atoms with E-state index in [9.17, 15) is 4.79 Å². The molecule has 1 amide bonds. The summed E-state index contributed by atoms with van der Waals surface area (Å²) in [5, 5.41) is 14.6. The first-order chi connectivity index (χ1) is 15.2. The Morgan fingerprint density at radius 3 is 2.65 bits per heavy atom. The predicted octanol–water partition coefficient (Wildman–Crippen LogP) is 4.93. The average molecular weight is 440 g/mol. The van der Waals surface area contributed by atoms with Crippen LogP contribution in [0.1, 0.15) is 36.0 Å². The molecule has 2 heterocycles. The van der Waals surface area contributed by atoms with E-state index in [0.717, 1.165) is 19.5 Å². The number of likely N-dealkylation sites (tertiary alicyclic amines) is 1. The molecule has 0 saturated carbocycles. The van der Waals surface area contributed by atoms with Crippen molar-refractivity contribution >= 4 is 29.2 Å². The van der Waals surface area contributed by atoms with Crippen molar-refractivity contribution in [3.63, 3.8) is 0 Å². The van der Waals surface area contributed by atoms with Crippen molar-refractivity contribution in [2.24, 2.45) is 0 Å². The fourth-order valence-corrected chi connectivity index (χ4v) is 3.90. The van der Waals surface area contributed by atoms with Crippen LogP contribution in [0.2, 0.25) is 5.02 Å². The van der Waals surface area contributed by atoms with Crippen molar-refractivity contribution in [1.29, 1.82) is 0 Å². The largest absolute Gasteiger partial charge is 0.403 e. The number of nitrogens with one attached hydrogen (secondary N) is 2. The van der Waals surface area contributed by atoms with Crippen molar-refractivity contribution in [3.05, 3.63) is 59.1 Å². The fraction of sp³-hybridized carbons (Fsp3) is 0.348. The molecule has 2 N–H and O–H groups in total. The second kappa shape index (κ2) is 10.4. The van der Waals surface area contributed by atoms with Gasteiger partial charge in [0.25, 0.3) is 11.8 Å². The Hall–Kier alpha value is -2.90. The summed E-state index contributed by atoms with van der Waals surface area (Å²) in [5.41, 5.74) is 1.79. The van der Waals surface area contributed by atoms with E-state index in [1.54, 1.807) is 30.3 Å². The summed E-state index contributed by atoms with van der Waals surface area (Å²) in [4.78, 5) is 14.8. The number of halogens is 1. The number of carbonyl (C=O) groups excluding carboxylic acids is 1. The van der Waals surface area contributed by atoms with Crippen LogP contribution in [0.4, 0.5) is 11.7 Å². The number of hydrogen-bond donors (Lipinski definition) is 2. The summed E-state index contributed by atoms with van der Waals surface area (Å²) in [6, 6.07) is 14.6. The maximum atomic E-state index is 12.3. The summed E-state index contributed by atoms with van der Waals surface area (Å²) in [6.07, 6.45) is 4.97. The average Bonchev–Trinajstić information content (AvgIpc) is 3.27. The number of hydrogen-bond acceptors (Lipinski definition) is 6. The molecular weight excluding hydrogens is 414 g/mol. The highest BCUT2D eigenvalue weighted by Crippen LogP contribution is 2.30. The number of rotatable bonds is 8. The summed E-state index contributed by atoms with van der Waals surface area (Å²) in [6.45, 7) is 4.25. The highest BCUT2D eigenvalue weighted by molar-refractivity contribution is 6.33. The summed E-state index contributed by atoms with van der Waals surface area (Å²) < 4.78 is 5.71. The molecule has 1 aromatic heterocycles. The van der Waals surface area contributed by atoms with Gasteiger partial charge < -0.3 is 20.0 Å². The van der Waals surface area contributed by atoms with Crippen LogP contribution in [0.15, 0.2) is 52.9 Å². The van der Waals surface area contributed by atoms with Crippen LogP contribution in [0.25, 0.3) is 11.5 Å². The first-order valence-electron chi connectivity index (χ1n) is 10.6. The monoisotopic (exact) mass is 439 g/mol. The van der Waals surface area contributed by atoms with Gasteiger partial charge in [0.2, 0.25) is 0 Å². The molecule has 0 aliphatic carbocycles. The van der Waals surface area contributed by atoms with E-state index in [1.165, 1.54) is 32.4 Å². The van der Waals surface area contributed by atoms with E-state index in [2.05, 4.69) is 25.7 Å². The van der Waals surface area contributed by atoms with Crippen molar-refractivity contribution in [2.75, 3.05) is 36.8 Å². The first-order valence-corrected chi connectivity index (χ1v) is 11.0. The van der Waals surface area contributed by atoms with Gasteiger partial charge >= 0.3 is 6.01 Å². The van der Waals surface area contributed by atoms with Crippen LogP contribution in [-0.4, -0.2) is 47.2 Å². The minimum atomic E-state index is -0.196. The Labute approximate surface area is 186 Å². The Kier molecular flexibility index (Phi) is 7.17. The van der Waals surface area contributed by atoms with Crippen LogP contribution in [0.5, 0.6) is 0 Å². The van der Waals surface area contributed by atoms with Crippen LogP contribution in [-0.2, 0) is 0 Å². The molecule has 31 heavy (non-hydrogen) atoms. The maximum absolute atomic E-state index is 12.3. The molecule has 1 fully saturated rings. The lowest BCUT2D eigenvalue weighted by Gasteiger charge is -2.26. The molecule has 0 unspecified atom stereocenters. The Balaban J connectivity index is 1.31. The lowest BCUT2D eigenvalue weighted by atomic mass is 10.1. The standard InChI is InChI=1S/C23H26ClN5O2/c24-20-16-18(26-21(30)17-8-3-1-4-9-17)10-11-19(20)22-27-28-23(31-22)25-12-7-15-29-13-5-2-6-14-29/h1,3-4,8-11,16H,2,5-7,12-15H2,(H,25,28)(H,26,30). The zero-order chi connectivity index (χ0) is 21.5. The van der Waals surface area contributed by atoms with Gasteiger partial charge in [-0.15, -0.1) is 5.10 Å². The molecular formula is C23H26ClN5O2. The lowest BCUT2D eigenvalue weighted by molar-refractivity contribution is 0.102. The molecule has 2 aromatic carbocycles. The fourth-order valence-electron chi connectivity index (χ4n) is 3.64. The van der Waals surface area contributed by atoms with Gasteiger partial charge in [0.15, 0.2) is 0 Å². The number of anilines is 2. The molecule has 1 aliphatic heterocycles. The number of amides is 1. The summed E-state index contributed by atoms with van der Waals surface area (Å²) in [5.74, 6) is 0.141. The Morgan fingerprint density at radius 2 is 1.87 bits per heavy atom. The third-order valence-corrected chi connectivity index (χ3v) is 5.61. The molecule has 162 valence electrons. The molecule has 0 spiro atoms. The third kappa shape index (κ3) is 5.83. The maximum Gasteiger partial charge on any atom is 0.315 e. The molecule has 1 aliphatic rings. The van der Waals surface area contributed by atoms with E-state index >= 15 is 0 Å². The van der Waals surface area contributed by atoms with Crippen LogP contribution in [0.3, 0.4) is 0 Å². The third-order valence-electron chi connectivity index (χ3n) is 5.29. The van der Waals surface area contributed by atoms with Crippen LogP contribution < -0.4 is 10.6 Å². The molecule has 0 radical (unpaired) electrons. The van der Waals surface area contributed by atoms with Gasteiger partial charge in [0.05, 0.1) is 10.6 Å². The van der Waals surface area contributed by atoms with Crippen molar-refractivity contribution < 1.29 is 9.21 Å². The minimum Gasteiger partial charge on any atom is -0.403 e. The zero-order valence-corrected chi connectivity index (χ0v) is 18.1. The van der Waals surface area contributed by atoms with Crippen molar-refractivity contribution in [3.8, 4) is 11.5 Å². The van der Waals surface area contributed by atoms with Crippen molar-refractivity contribution in [1.82, 2.24) is 15.1 Å². The number of piperidine rings is 1. The Bertz CT molecular complexity index is 1000. The summed E-state index contributed by atoms with van der Waals surface area (Å²) in [7, 11) is 0. The number of aromatic nitrogens is 2. The number of benzene rings is 2. The molecule has 0 atom stereocenters. The smallest absolute Gasteiger partial charge is 0.315 e. The highest BCUT2D eigenvalue weighted by atomic mass is 35.5. The van der Waals surface area contributed by atoms with Crippen molar-refractivity contribution in [2.45, 2.75) is 25.7 Å². The van der Waals surface area contributed by atoms with E-state index < -0.39 is 0 Å². The minimum absolute atomic E-state index is 0.196. The highest BCUT2D eigenvalue weighted by Gasteiger charge is 2.14. The SMILES string of the molecule is O=C(Nc1ccc(-c2nnc(NCCCN3CCCCC3)o2)c(Cl)c1)c1ccccc1. The summed E-state index contributed by atoms with van der Waals surface area (Å²) >= 11 is 6.41. The van der Waals surface area contributed by atoms with Gasteiger partial charge in [-0.2, -0.15) is 0 Å². The van der Waals surface area contributed by atoms with Crippen LogP contribution in [0, 0.1) is 0 Å². The van der Waals surface area contributed by atoms with Crippen LogP contribution >= 0.6 is 11.6 Å². The number of nitrogens with zero attached hydrogens (tertiary/aromatic N) is 3. The molecule has 0 bridgehead atoms. The lowest BCUT2D eigenvalue weighted by Crippen LogP contribution is -2.31. The van der Waals surface area contributed by atoms with Gasteiger partial charge in [-0.05, 0) is 69.2 Å². The van der Waals surface area contributed by atoms with Gasteiger partial charge in [0.1, 0.15) is 0 Å². The second-order valence-corrected chi connectivity index (χ2v) is 8.02. The van der Waals surface area contributed by atoms with E-state index in [4.69, 9.17) is 16.0 Å². The molecule has 1 saturated heterocycles. The predicted molar refractivity (Wildman–Crippen MR) is 123 cm³/mol. The second-order valence-electron chi connectivity index (χ2n) is 7.61. The van der Waals surface area contributed by atoms with Gasteiger partial charge in [-0.25, -0.2) is 0 Å². The van der Waals surface area contributed by atoms with Gasteiger partial charge in [-0.1, -0.05) is 41.3 Å². The zero-order valence-electron chi connectivity index (χ0n) is 17.3. The molecule has 8 heteroatoms. The van der Waals surface area contributed by atoms with E-state index in [1.807, 2.05) is 18.2 Å². The number of carbonyl (C=O) groups is 1. The van der Waals surface area contributed by atoms with Gasteiger partial charge in [-0.3, -0.25) is 4.79 Å². The molecule has 3 aromatic rings. The normalized spacial score (nSPS) is 14.4. The Morgan fingerprint density at radius 1 is 1.06 bits per heavy atom. The molecule has 4 rings (SSSR count). The first kappa shape index (κ1) is 21.3. The quantitative estimate of drug-likeness (QED) is 0.484. The van der Waals surface area contributed by atoms with E-state index in [0.29, 0.717) is 33.7 Å². The topological polar surface area (TPSA) is 83.3 Å².